The van der Waals surface area contributed by atoms with Crippen molar-refractivity contribution >= 4 is 17.7 Å². The standard InChI is InChI=1S/C24H30O9/c1-13-19(27)20(28)24(12-30-14(2)25)18(5-4-7-22(24)11-31-22)23(13)9-17(16-6-8-29-10-16)33-21(23)32-15(3)26/h6,8,10,13,17-19,21,27H,4-5,7,9,11-12H2,1-3H3/t13-,17-,18-,19+,21+,22+,23+,24-/m1/s1. The molecule has 1 aromatic rings. The third kappa shape index (κ3) is 3.05. The van der Waals surface area contributed by atoms with Crippen LogP contribution in [0.2, 0.25) is 0 Å². The van der Waals surface area contributed by atoms with Crippen molar-refractivity contribution in [2.45, 2.75) is 70.6 Å². The highest BCUT2D eigenvalue weighted by Crippen LogP contribution is 2.71. The molecule has 33 heavy (non-hydrogen) atoms. The first-order valence-electron chi connectivity index (χ1n) is 11.5. The second-order valence-corrected chi connectivity index (χ2v) is 10.0. The topological polar surface area (TPSA) is 125 Å². The number of aliphatic hydroxyl groups excluding tert-OH is 1. The van der Waals surface area contributed by atoms with Gasteiger partial charge in [0.05, 0.1) is 25.2 Å². The summed E-state index contributed by atoms with van der Waals surface area (Å²) in [7, 11) is 0. The molecule has 180 valence electrons. The molecule has 3 heterocycles. The predicted molar refractivity (Wildman–Crippen MR) is 110 cm³/mol. The van der Waals surface area contributed by atoms with Gasteiger partial charge in [0.2, 0.25) is 6.29 Å². The number of epoxide rings is 1. The van der Waals surface area contributed by atoms with Gasteiger partial charge in [-0.2, -0.15) is 0 Å². The number of ketones is 1. The largest absolute Gasteiger partial charge is 0.472 e. The molecule has 2 spiro atoms. The highest BCUT2D eigenvalue weighted by Gasteiger charge is 2.79. The number of furan rings is 1. The van der Waals surface area contributed by atoms with E-state index in [-0.39, 0.29) is 18.3 Å². The maximum absolute atomic E-state index is 13.9. The summed E-state index contributed by atoms with van der Waals surface area (Å²) in [5.74, 6) is -2.32. The van der Waals surface area contributed by atoms with Crippen LogP contribution in [0.25, 0.3) is 0 Å². The van der Waals surface area contributed by atoms with E-state index in [1.165, 1.54) is 13.8 Å². The number of Topliss-reactive ketones (excluding diaryl/α,β-unsaturated/α-hetero) is 1. The number of esters is 2. The summed E-state index contributed by atoms with van der Waals surface area (Å²) in [6.07, 6.45) is 2.84. The van der Waals surface area contributed by atoms with Gasteiger partial charge in [0.1, 0.15) is 23.7 Å². The van der Waals surface area contributed by atoms with E-state index in [1.54, 1.807) is 18.6 Å². The molecule has 5 rings (SSSR count). The van der Waals surface area contributed by atoms with Gasteiger partial charge in [-0.15, -0.1) is 0 Å². The molecule has 1 N–H and O–H groups in total. The minimum atomic E-state index is -1.35. The molecule has 0 amide bonds. The molecule has 2 aliphatic carbocycles. The second-order valence-electron chi connectivity index (χ2n) is 10.0. The van der Waals surface area contributed by atoms with Crippen molar-refractivity contribution in [1.82, 2.24) is 0 Å². The lowest BCUT2D eigenvalue weighted by molar-refractivity contribution is -0.247. The highest BCUT2D eigenvalue weighted by molar-refractivity contribution is 5.93. The van der Waals surface area contributed by atoms with Gasteiger partial charge in [-0.1, -0.05) is 13.3 Å². The Balaban J connectivity index is 1.66. The van der Waals surface area contributed by atoms with Gasteiger partial charge in [0.25, 0.3) is 0 Å². The Morgan fingerprint density at radius 1 is 1.27 bits per heavy atom. The highest BCUT2D eigenvalue weighted by atomic mass is 16.7. The summed E-state index contributed by atoms with van der Waals surface area (Å²) in [5.41, 5.74) is -2.14. The molecule has 2 saturated carbocycles. The van der Waals surface area contributed by atoms with Crippen LogP contribution in [0.1, 0.15) is 58.1 Å². The quantitative estimate of drug-likeness (QED) is 0.530. The van der Waals surface area contributed by atoms with E-state index in [2.05, 4.69) is 0 Å². The lowest BCUT2D eigenvalue weighted by Gasteiger charge is -2.60. The maximum atomic E-state index is 13.9. The van der Waals surface area contributed by atoms with Gasteiger partial charge in [-0.3, -0.25) is 14.4 Å². The Hall–Kier alpha value is -2.23. The molecular formula is C24H30O9. The van der Waals surface area contributed by atoms with Crippen LogP contribution in [0.15, 0.2) is 23.0 Å². The van der Waals surface area contributed by atoms with Gasteiger partial charge in [-0.05, 0) is 31.2 Å². The second kappa shape index (κ2) is 7.65. The van der Waals surface area contributed by atoms with Crippen LogP contribution in [0.4, 0.5) is 0 Å². The van der Waals surface area contributed by atoms with Crippen LogP contribution < -0.4 is 0 Å². The van der Waals surface area contributed by atoms with Crippen molar-refractivity contribution in [3.05, 3.63) is 24.2 Å². The summed E-state index contributed by atoms with van der Waals surface area (Å²) >= 11 is 0. The summed E-state index contributed by atoms with van der Waals surface area (Å²) in [4.78, 5) is 37.8. The third-order valence-electron chi connectivity index (χ3n) is 8.61. The molecule has 1 aromatic heterocycles. The molecule has 4 fully saturated rings. The van der Waals surface area contributed by atoms with Crippen molar-refractivity contribution in [2.24, 2.45) is 22.7 Å². The smallest absolute Gasteiger partial charge is 0.304 e. The summed E-state index contributed by atoms with van der Waals surface area (Å²) < 4.78 is 28.7. The first kappa shape index (κ1) is 22.6. The number of hydrogen-bond acceptors (Lipinski definition) is 9. The molecule has 2 saturated heterocycles. The van der Waals surface area contributed by atoms with E-state index in [0.717, 1.165) is 12.0 Å². The minimum Gasteiger partial charge on any atom is -0.472 e. The van der Waals surface area contributed by atoms with Crippen LogP contribution >= 0.6 is 0 Å². The van der Waals surface area contributed by atoms with E-state index in [1.807, 2.05) is 6.92 Å². The van der Waals surface area contributed by atoms with E-state index in [9.17, 15) is 19.5 Å². The lowest BCUT2D eigenvalue weighted by Crippen LogP contribution is -2.71. The molecule has 9 heteroatoms. The lowest BCUT2D eigenvalue weighted by atomic mass is 9.42. The van der Waals surface area contributed by atoms with E-state index in [4.69, 9.17) is 23.4 Å². The molecule has 8 atom stereocenters. The number of ether oxygens (including phenoxy) is 4. The number of rotatable bonds is 4. The van der Waals surface area contributed by atoms with E-state index < -0.39 is 52.8 Å². The van der Waals surface area contributed by atoms with Crippen LogP contribution in [0.3, 0.4) is 0 Å². The van der Waals surface area contributed by atoms with Crippen LogP contribution in [-0.4, -0.2) is 54.0 Å². The van der Waals surface area contributed by atoms with Crippen LogP contribution in [0.5, 0.6) is 0 Å². The van der Waals surface area contributed by atoms with Crippen molar-refractivity contribution in [3.63, 3.8) is 0 Å². The molecular weight excluding hydrogens is 432 g/mol. The molecule has 0 unspecified atom stereocenters. The van der Waals surface area contributed by atoms with Crippen LogP contribution in [-0.2, 0) is 33.3 Å². The Bertz CT molecular complexity index is 951. The fourth-order valence-electron chi connectivity index (χ4n) is 7.00. The van der Waals surface area contributed by atoms with Crippen molar-refractivity contribution in [2.75, 3.05) is 13.2 Å². The van der Waals surface area contributed by atoms with Crippen molar-refractivity contribution < 1.29 is 42.9 Å². The van der Waals surface area contributed by atoms with Gasteiger partial charge in [0.15, 0.2) is 5.78 Å². The van der Waals surface area contributed by atoms with E-state index >= 15 is 0 Å². The first-order chi connectivity index (χ1) is 15.7. The normalized spacial score (nSPS) is 44.0. The fourth-order valence-corrected chi connectivity index (χ4v) is 7.00. The number of fused-ring (bicyclic) bond motifs is 3. The zero-order valence-corrected chi connectivity index (χ0v) is 19.1. The first-order valence-corrected chi connectivity index (χ1v) is 11.5. The number of hydrogen-bond donors (Lipinski definition) is 1. The van der Waals surface area contributed by atoms with Gasteiger partial charge < -0.3 is 28.5 Å². The molecule has 0 aromatic carbocycles. The Morgan fingerprint density at radius 3 is 2.64 bits per heavy atom. The molecule has 9 nitrogen and oxygen atoms in total. The van der Waals surface area contributed by atoms with Gasteiger partial charge in [0, 0.05) is 30.7 Å². The Morgan fingerprint density at radius 2 is 2.03 bits per heavy atom. The summed E-state index contributed by atoms with van der Waals surface area (Å²) in [6.45, 7) is 4.60. The van der Waals surface area contributed by atoms with Gasteiger partial charge >= 0.3 is 11.9 Å². The molecule has 0 radical (unpaired) electrons. The van der Waals surface area contributed by atoms with E-state index in [0.29, 0.717) is 25.9 Å². The average molecular weight is 462 g/mol. The van der Waals surface area contributed by atoms with Crippen molar-refractivity contribution in [1.29, 1.82) is 0 Å². The molecule has 2 aliphatic heterocycles. The number of carbonyl (C=O) groups excluding carboxylic acids is 3. The Kier molecular flexibility index (Phi) is 5.23. The molecule has 0 bridgehead atoms. The zero-order chi connectivity index (χ0) is 23.6. The van der Waals surface area contributed by atoms with Gasteiger partial charge in [-0.25, -0.2) is 0 Å². The predicted octanol–water partition coefficient (Wildman–Crippen LogP) is 2.31. The monoisotopic (exact) mass is 462 g/mol. The zero-order valence-electron chi connectivity index (χ0n) is 19.1. The summed E-state index contributed by atoms with van der Waals surface area (Å²) in [5, 5.41) is 11.3. The average Bonchev–Trinajstić information content (AvgIpc) is 3.19. The maximum Gasteiger partial charge on any atom is 0.304 e. The molecule has 4 aliphatic rings. The van der Waals surface area contributed by atoms with Crippen molar-refractivity contribution in [3.8, 4) is 0 Å². The van der Waals surface area contributed by atoms with Crippen LogP contribution in [0, 0.1) is 22.7 Å². The Labute approximate surface area is 191 Å². The number of aliphatic hydroxyl groups is 1. The number of carbonyl (C=O) groups is 3. The minimum absolute atomic E-state index is 0.180. The third-order valence-corrected chi connectivity index (χ3v) is 8.61. The summed E-state index contributed by atoms with van der Waals surface area (Å²) in [6, 6.07) is 1.79. The fraction of sp³-hybridized carbons (Fsp3) is 0.708. The SMILES string of the molecule is CC(=O)OC[C@]12C(=O)[C@@H](O)[C@@H](C)[C@@]3(C[C@H](c4ccoc4)O[C@@H]3OC(C)=O)[C@H]1CCC[C@]21CO1.